The largest absolute Gasteiger partial charge is 0.494 e. The number of pyridine rings is 1. The van der Waals surface area contributed by atoms with E-state index < -0.39 is 29.7 Å². The Morgan fingerprint density at radius 1 is 1.00 bits per heavy atom. The number of methoxy groups -OCH3 is 1. The second-order valence-corrected chi connectivity index (χ2v) is 14.6. The van der Waals surface area contributed by atoms with Gasteiger partial charge >= 0.3 is 11.9 Å². The van der Waals surface area contributed by atoms with Crippen molar-refractivity contribution in [2.45, 2.75) is 62.7 Å². The maximum atomic E-state index is 13.2. The lowest BCUT2D eigenvalue weighted by Crippen LogP contribution is -2.47. The number of carbonyl (C=O) groups excluding carboxylic acids is 3. The number of alkyl halides is 3. The van der Waals surface area contributed by atoms with E-state index in [-0.39, 0.29) is 29.8 Å². The van der Waals surface area contributed by atoms with Crippen molar-refractivity contribution in [1.29, 1.82) is 0 Å². The Labute approximate surface area is 307 Å². The zero-order chi connectivity index (χ0) is 37.9. The number of hydrogen-bond donors (Lipinski definition) is 2. The van der Waals surface area contributed by atoms with Crippen LogP contribution in [0.15, 0.2) is 59.5 Å². The van der Waals surface area contributed by atoms with E-state index in [0.717, 1.165) is 73.9 Å². The van der Waals surface area contributed by atoms with Gasteiger partial charge in [-0.3, -0.25) is 33.5 Å². The molecule has 1 unspecified atom stereocenters. The summed E-state index contributed by atoms with van der Waals surface area (Å²) < 4.78 is 50.0. The van der Waals surface area contributed by atoms with E-state index in [1.54, 1.807) is 23.7 Å². The second kappa shape index (κ2) is 13.7. The van der Waals surface area contributed by atoms with Gasteiger partial charge in [0.15, 0.2) is 0 Å². The van der Waals surface area contributed by atoms with Gasteiger partial charge in [0.05, 0.1) is 35.4 Å². The SMILES string of the molecule is COc1cc2nn([C@H]3CC[C@H](CN4CC(c5ccc6c(c5)n(C)c(=O)n6C5CCC(=O)NC5=O)C4)CC3)cc2cc1NC(=O)c1cccc(C(F)(F)F)n1. The molecule has 2 saturated heterocycles. The fraction of sp³-hybridized carbons (Fsp3) is 0.421. The third-order valence-electron chi connectivity index (χ3n) is 11.1. The number of halogens is 3. The highest BCUT2D eigenvalue weighted by atomic mass is 19.4. The molecule has 3 aromatic heterocycles. The summed E-state index contributed by atoms with van der Waals surface area (Å²) in [7, 11) is 3.16. The second-order valence-electron chi connectivity index (χ2n) is 14.6. The maximum absolute atomic E-state index is 13.2. The third kappa shape index (κ3) is 6.63. The molecule has 16 heteroatoms. The zero-order valence-corrected chi connectivity index (χ0v) is 29.7. The fourth-order valence-electron chi connectivity index (χ4n) is 8.18. The van der Waals surface area contributed by atoms with Crippen molar-refractivity contribution >= 4 is 45.3 Å². The van der Waals surface area contributed by atoms with Gasteiger partial charge in [0, 0.05) is 56.7 Å². The Morgan fingerprint density at radius 3 is 2.50 bits per heavy atom. The summed E-state index contributed by atoms with van der Waals surface area (Å²) in [6, 6.07) is 12.1. The number of aryl methyl sites for hydroxylation is 1. The number of benzene rings is 2. The van der Waals surface area contributed by atoms with Crippen LogP contribution in [0.3, 0.4) is 0 Å². The standard InChI is InChI=1S/C38H39F3N8O5/c1-46-31-15-22(8-11-29(31)49(37(46)53)30-12-13-34(50)44-36(30)52)24-18-47(19-24)17-21-6-9-25(10-7-21)48-20-23-14-28(32(54-2)16-27(23)45-48)43-35(51)26-4-3-5-33(42-26)38(39,40)41/h3-5,8,11,14-16,20-21,24-25,30H,6-7,9-10,12-13,17-19H2,1-2H3,(H,43,51)(H,44,50,52)/t21-,25-,30?. The third-order valence-corrected chi connectivity index (χ3v) is 11.1. The minimum absolute atomic E-state index is 0.202. The number of likely N-dealkylation sites (tertiary alicyclic amines) is 1. The maximum Gasteiger partial charge on any atom is 0.433 e. The fourth-order valence-corrected chi connectivity index (χ4v) is 8.18. The Kier molecular flexibility index (Phi) is 9.02. The van der Waals surface area contributed by atoms with Crippen LogP contribution < -0.4 is 21.1 Å². The molecule has 2 aliphatic heterocycles. The lowest BCUT2D eigenvalue weighted by Gasteiger charge is -2.42. The first kappa shape index (κ1) is 35.5. The number of aromatic nitrogens is 5. The number of imidazole rings is 1. The molecule has 1 saturated carbocycles. The zero-order valence-electron chi connectivity index (χ0n) is 29.7. The van der Waals surface area contributed by atoms with Crippen LogP contribution in [0.25, 0.3) is 21.9 Å². The monoisotopic (exact) mass is 744 g/mol. The van der Waals surface area contributed by atoms with Gasteiger partial charge < -0.3 is 15.0 Å². The number of nitrogens with zero attached hydrogens (tertiary/aromatic N) is 6. The molecule has 3 fully saturated rings. The molecule has 1 aliphatic carbocycles. The molecule has 5 aromatic rings. The van der Waals surface area contributed by atoms with Crippen molar-refractivity contribution in [2.75, 3.05) is 32.1 Å². The number of piperidine rings is 1. The summed E-state index contributed by atoms with van der Waals surface area (Å²) >= 11 is 0. The quantitative estimate of drug-likeness (QED) is 0.207. The summed E-state index contributed by atoms with van der Waals surface area (Å²) in [5.74, 6) is -0.297. The van der Waals surface area contributed by atoms with Gasteiger partial charge in [-0.25, -0.2) is 9.78 Å². The van der Waals surface area contributed by atoms with Crippen LogP contribution in [-0.4, -0.2) is 73.3 Å². The lowest BCUT2D eigenvalue weighted by molar-refractivity contribution is -0.141. The van der Waals surface area contributed by atoms with Gasteiger partial charge in [0.25, 0.3) is 5.91 Å². The molecule has 0 spiro atoms. The Balaban J connectivity index is 0.868. The normalized spacial score (nSPS) is 21.3. The van der Waals surface area contributed by atoms with E-state index in [9.17, 15) is 32.3 Å². The number of nitrogens with one attached hydrogen (secondary N) is 2. The minimum atomic E-state index is -4.67. The molecule has 8 rings (SSSR count). The molecule has 54 heavy (non-hydrogen) atoms. The topological polar surface area (TPSA) is 145 Å². The van der Waals surface area contributed by atoms with Crippen LogP contribution in [0.2, 0.25) is 0 Å². The first-order valence-corrected chi connectivity index (χ1v) is 18.1. The van der Waals surface area contributed by atoms with E-state index in [0.29, 0.717) is 40.7 Å². The van der Waals surface area contributed by atoms with Crippen molar-refractivity contribution in [1.82, 2.24) is 34.1 Å². The Bertz CT molecular complexity index is 2350. The number of imide groups is 1. The van der Waals surface area contributed by atoms with E-state index in [1.807, 2.05) is 23.0 Å². The van der Waals surface area contributed by atoms with Gasteiger partial charge in [-0.1, -0.05) is 12.1 Å². The summed E-state index contributed by atoms with van der Waals surface area (Å²) in [5, 5.41) is 10.6. The van der Waals surface area contributed by atoms with Gasteiger partial charge in [0.2, 0.25) is 11.8 Å². The smallest absolute Gasteiger partial charge is 0.433 e. The predicted molar refractivity (Wildman–Crippen MR) is 192 cm³/mol. The Morgan fingerprint density at radius 2 is 1.78 bits per heavy atom. The van der Waals surface area contributed by atoms with Crippen molar-refractivity contribution < 1.29 is 32.3 Å². The van der Waals surface area contributed by atoms with Crippen molar-refractivity contribution in [3.05, 3.63) is 82.2 Å². The van der Waals surface area contributed by atoms with E-state index >= 15 is 0 Å². The molecule has 3 aliphatic rings. The molecule has 282 valence electrons. The van der Waals surface area contributed by atoms with E-state index in [2.05, 4.69) is 26.6 Å². The highest BCUT2D eigenvalue weighted by Crippen LogP contribution is 2.38. The van der Waals surface area contributed by atoms with Gasteiger partial charge in [-0.15, -0.1) is 0 Å². The molecule has 13 nitrogen and oxygen atoms in total. The van der Waals surface area contributed by atoms with Crippen LogP contribution >= 0.6 is 0 Å². The average Bonchev–Trinajstić information content (AvgIpc) is 3.66. The van der Waals surface area contributed by atoms with Gasteiger partial charge in [0.1, 0.15) is 23.2 Å². The minimum Gasteiger partial charge on any atom is -0.494 e. The first-order chi connectivity index (χ1) is 25.9. The molecular weight excluding hydrogens is 705 g/mol. The highest BCUT2D eigenvalue weighted by molar-refractivity contribution is 6.05. The molecular formula is C38H39F3N8O5. The number of anilines is 1. The van der Waals surface area contributed by atoms with Gasteiger partial charge in [-0.05, 0) is 73.9 Å². The van der Waals surface area contributed by atoms with Crippen LogP contribution in [0.5, 0.6) is 5.75 Å². The van der Waals surface area contributed by atoms with Crippen LogP contribution in [0.1, 0.15) is 78.3 Å². The number of carbonyl (C=O) groups is 3. The van der Waals surface area contributed by atoms with E-state index in [4.69, 9.17) is 9.84 Å². The van der Waals surface area contributed by atoms with Crippen molar-refractivity contribution in [3.63, 3.8) is 0 Å². The van der Waals surface area contributed by atoms with Gasteiger partial charge in [-0.2, -0.15) is 18.3 Å². The molecule has 2 aromatic carbocycles. The Hall–Kier alpha value is -5.51. The molecule has 3 amide bonds. The summed E-state index contributed by atoms with van der Waals surface area (Å²) in [6.45, 7) is 2.88. The number of hydrogen-bond acceptors (Lipinski definition) is 8. The van der Waals surface area contributed by atoms with Crippen LogP contribution in [0.4, 0.5) is 18.9 Å². The predicted octanol–water partition coefficient (Wildman–Crippen LogP) is 5.17. The average molecular weight is 745 g/mol. The number of fused-ring (bicyclic) bond motifs is 2. The van der Waals surface area contributed by atoms with Crippen LogP contribution in [0, 0.1) is 5.92 Å². The highest BCUT2D eigenvalue weighted by Gasteiger charge is 2.35. The lowest BCUT2D eigenvalue weighted by atomic mass is 9.83. The molecule has 1 atom stereocenters. The van der Waals surface area contributed by atoms with Crippen LogP contribution in [-0.2, 0) is 22.8 Å². The number of amides is 3. The first-order valence-electron chi connectivity index (χ1n) is 18.1. The molecule has 5 heterocycles. The van der Waals surface area contributed by atoms with Crippen molar-refractivity contribution in [3.8, 4) is 5.75 Å². The summed E-state index contributed by atoms with van der Waals surface area (Å²) in [4.78, 5) is 56.2. The number of rotatable bonds is 8. The molecule has 2 N–H and O–H groups in total. The summed E-state index contributed by atoms with van der Waals surface area (Å²) in [6.07, 6.45) is 1.81. The number of ether oxygens (including phenoxy) is 1. The molecule has 0 bridgehead atoms. The molecule has 0 radical (unpaired) electrons. The van der Waals surface area contributed by atoms with E-state index in [1.165, 1.54) is 17.7 Å². The van der Waals surface area contributed by atoms with Crippen molar-refractivity contribution in [2.24, 2.45) is 13.0 Å². The summed E-state index contributed by atoms with van der Waals surface area (Å²) in [5.41, 5.74) is 1.84.